The first-order valence-electron chi connectivity index (χ1n) is 6.72. The molecule has 0 aromatic carbocycles. The van der Waals surface area contributed by atoms with Gasteiger partial charge in [0, 0.05) is 37.8 Å². The number of nitrogens with one attached hydrogen (secondary N) is 1. The van der Waals surface area contributed by atoms with Crippen LogP contribution in [0.5, 0.6) is 0 Å². The van der Waals surface area contributed by atoms with Crippen LogP contribution in [-0.2, 0) is 20.5 Å². The van der Waals surface area contributed by atoms with Gasteiger partial charge in [0.25, 0.3) is 0 Å². The Morgan fingerprint density at radius 3 is 2.10 bits per heavy atom. The predicted molar refractivity (Wildman–Crippen MR) is 83.8 cm³/mol. The van der Waals surface area contributed by atoms with Gasteiger partial charge in [0.1, 0.15) is 0 Å². The molecule has 2 aromatic heterocycles. The minimum absolute atomic E-state index is 0.231. The number of rotatable bonds is 4. The molecule has 0 radical (unpaired) electrons. The van der Waals surface area contributed by atoms with E-state index < -0.39 is 0 Å². The maximum atomic E-state index is 4.51. The molecule has 1 N–H and O–H groups in total. The van der Waals surface area contributed by atoms with Gasteiger partial charge in [-0.25, -0.2) is 0 Å². The summed E-state index contributed by atoms with van der Waals surface area (Å²) in [5, 5.41) is 12.4. The summed E-state index contributed by atoms with van der Waals surface area (Å²) < 4.78 is 4.99. The van der Waals surface area contributed by atoms with Gasteiger partial charge in [-0.2, -0.15) is 10.2 Å². The average molecular weight is 340 g/mol. The van der Waals surface area contributed by atoms with Crippen molar-refractivity contribution >= 4 is 15.9 Å². The van der Waals surface area contributed by atoms with E-state index in [1.54, 1.807) is 0 Å². The Kier molecular flexibility index (Phi) is 4.34. The first-order valence-corrected chi connectivity index (χ1v) is 7.51. The summed E-state index contributed by atoms with van der Waals surface area (Å²) in [5.74, 6) is 0. The molecule has 0 aliphatic heterocycles. The SMILES string of the molecule is CNC(Cc1c(Br)c(C)nn1C)c1c(C)nn(C)c1C. The monoisotopic (exact) mass is 339 g/mol. The van der Waals surface area contributed by atoms with E-state index in [1.807, 2.05) is 37.4 Å². The van der Waals surface area contributed by atoms with Crippen molar-refractivity contribution in [3.63, 3.8) is 0 Å². The van der Waals surface area contributed by atoms with Crippen molar-refractivity contribution in [3.05, 3.63) is 32.8 Å². The summed E-state index contributed by atoms with van der Waals surface area (Å²) in [6, 6.07) is 0.231. The molecule has 0 saturated carbocycles. The third kappa shape index (κ3) is 2.54. The van der Waals surface area contributed by atoms with E-state index in [0.29, 0.717) is 0 Å². The summed E-state index contributed by atoms with van der Waals surface area (Å²) >= 11 is 3.64. The van der Waals surface area contributed by atoms with Crippen LogP contribution in [0.4, 0.5) is 0 Å². The van der Waals surface area contributed by atoms with E-state index in [9.17, 15) is 0 Å². The van der Waals surface area contributed by atoms with Crippen molar-refractivity contribution < 1.29 is 0 Å². The van der Waals surface area contributed by atoms with Gasteiger partial charge >= 0.3 is 0 Å². The number of halogens is 1. The minimum atomic E-state index is 0.231. The van der Waals surface area contributed by atoms with E-state index in [1.165, 1.54) is 17.0 Å². The van der Waals surface area contributed by atoms with Crippen LogP contribution in [0.3, 0.4) is 0 Å². The second-order valence-corrected chi connectivity index (χ2v) is 6.02. The molecule has 110 valence electrons. The molecule has 0 amide bonds. The van der Waals surface area contributed by atoms with Gasteiger partial charge in [-0.1, -0.05) is 0 Å². The molecule has 2 aromatic rings. The molecular formula is C14H22BrN5. The second kappa shape index (κ2) is 5.69. The highest BCUT2D eigenvalue weighted by Gasteiger charge is 2.22. The van der Waals surface area contributed by atoms with Crippen LogP contribution in [0.25, 0.3) is 0 Å². The highest BCUT2D eigenvalue weighted by molar-refractivity contribution is 9.10. The van der Waals surface area contributed by atoms with Crippen molar-refractivity contribution in [1.29, 1.82) is 0 Å². The Balaban J connectivity index is 2.39. The first kappa shape index (κ1) is 15.3. The quantitative estimate of drug-likeness (QED) is 0.929. The van der Waals surface area contributed by atoms with Crippen molar-refractivity contribution in [3.8, 4) is 0 Å². The van der Waals surface area contributed by atoms with Gasteiger partial charge in [-0.3, -0.25) is 9.36 Å². The molecule has 0 aliphatic rings. The Morgan fingerprint density at radius 2 is 1.70 bits per heavy atom. The lowest BCUT2D eigenvalue weighted by Crippen LogP contribution is -2.21. The zero-order valence-electron chi connectivity index (χ0n) is 13.0. The lowest BCUT2D eigenvalue weighted by atomic mass is 10.00. The standard InChI is InChI=1S/C14H22BrN5/c1-8-13(10(3)19(5)17-8)11(16-4)7-12-14(15)9(2)18-20(12)6/h11,16H,7H2,1-6H3. The summed E-state index contributed by atoms with van der Waals surface area (Å²) in [4.78, 5) is 0. The smallest absolute Gasteiger partial charge is 0.0738 e. The average Bonchev–Trinajstić information content (AvgIpc) is 2.77. The van der Waals surface area contributed by atoms with E-state index in [4.69, 9.17) is 0 Å². The van der Waals surface area contributed by atoms with Gasteiger partial charge in [0.05, 0.1) is 21.6 Å². The van der Waals surface area contributed by atoms with E-state index in [-0.39, 0.29) is 6.04 Å². The number of hydrogen-bond donors (Lipinski definition) is 1. The second-order valence-electron chi connectivity index (χ2n) is 5.22. The summed E-state index contributed by atoms with van der Waals surface area (Å²) in [7, 11) is 5.97. The van der Waals surface area contributed by atoms with Gasteiger partial charge in [-0.15, -0.1) is 0 Å². The fourth-order valence-electron chi connectivity index (χ4n) is 2.74. The van der Waals surface area contributed by atoms with Gasteiger partial charge in [-0.05, 0) is 43.7 Å². The number of aryl methyl sites for hydroxylation is 4. The van der Waals surface area contributed by atoms with Crippen molar-refractivity contribution in [2.75, 3.05) is 7.05 Å². The van der Waals surface area contributed by atoms with Crippen molar-refractivity contribution in [2.24, 2.45) is 14.1 Å². The van der Waals surface area contributed by atoms with Crippen LogP contribution in [0.2, 0.25) is 0 Å². The molecule has 20 heavy (non-hydrogen) atoms. The molecule has 0 fully saturated rings. The molecular weight excluding hydrogens is 318 g/mol. The third-order valence-electron chi connectivity index (χ3n) is 3.92. The summed E-state index contributed by atoms with van der Waals surface area (Å²) in [5.41, 5.74) is 5.79. The fraction of sp³-hybridized carbons (Fsp3) is 0.571. The molecule has 0 bridgehead atoms. The maximum Gasteiger partial charge on any atom is 0.0738 e. The van der Waals surface area contributed by atoms with Crippen LogP contribution in [-0.4, -0.2) is 26.6 Å². The predicted octanol–water partition coefficient (Wildman–Crippen LogP) is 2.34. The van der Waals surface area contributed by atoms with E-state index in [2.05, 4.69) is 45.3 Å². The van der Waals surface area contributed by atoms with Crippen LogP contribution >= 0.6 is 15.9 Å². The number of hydrogen-bond acceptors (Lipinski definition) is 3. The van der Waals surface area contributed by atoms with E-state index in [0.717, 1.165) is 22.3 Å². The van der Waals surface area contributed by atoms with Crippen LogP contribution in [0.1, 0.15) is 34.4 Å². The van der Waals surface area contributed by atoms with Crippen LogP contribution < -0.4 is 5.32 Å². The van der Waals surface area contributed by atoms with Crippen LogP contribution in [0.15, 0.2) is 4.47 Å². The van der Waals surface area contributed by atoms with Crippen molar-refractivity contribution in [1.82, 2.24) is 24.9 Å². The van der Waals surface area contributed by atoms with Crippen molar-refractivity contribution in [2.45, 2.75) is 33.2 Å². The van der Waals surface area contributed by atoms with Gasteiger partial charge in [0.2, 0.25) is 0 Å². The molecule has 2 rings (SSSR count). The molecule has 0 saturated heterocycles. The lowest BCUT2D eigenvalue weighted by Gasteiger charge is -2.17. The molecule has 5 nitrogen and oxygen atoms in total. The molecule has 1 atom stereocenters. The largest absolute Gasteiger partial charge is 0.313 e. The zero-order chi connectivity index (χ0) is 15.0. The highest BCUT2D eigenvalue weighted by Crippen LogP contribution is 2.28. The topological polar surface area (TPSA) is 47.7 Å². The molecule has 2 heterocycles. The summed E-state index contributed by atoms with van der Waals surface area (Å²) in [6.45, 7) is 6.20. The molecule has 0 aliphatic carbocycles. The van der Waals surface area contributed by atoms with Gasteiger partial charge < -0.3 is 5.32 Å². The number of likely N-dealkylation sites (N-methyl/N-ethyl adjacent to an activating group) is 1. The highest BCUT2D eigenvalue weighted by atomic mass is 79.9. The number of nitrogens with zero attached hydrogens (tertiary/aromatic N) is 4. The van der Waals surface area contributed by atoms with Crippen LogP contribution in [0, 0.1) is 20.8 Å². The third-order valence-corrected chi connectivity index (χ3v) is 4.95. The number of aromatic nitrogens is 4. The fourth-order valence-corrected chi connectivity index (χ4v) is 3.24. The minimum Gasteiger partial charge on any atom is -0.313 e. The first-order chi connectivity index (χ1) is 9.36. The van der Waals surface area contributed by atoms with E-state index >= 15 is 0 Å². The molecule has 0 spiro atoms. The normalized spacial score (nSPS) is 12.9. The molecule has 1 unspecified atom stereocenters. The zero-order valence-corrected chi connectivity index (χ0v) is 14.5. The Hall–Kier alpha value is -1.14. The maximum absolute atomic E-state index is 4.51. The lowest BCUT2D eigenvalue weighted by molar-refractivity contribution is 0.554. The van der Waals surface area contributed by atoms with Gasteiger partial charge in [0.15, 0.2) is 0 Å². The Morgan fingerprint density at radius 1 is 1.10 bits per heavy atom. The Bertz CT molecular complexity index is 626. The molecule has 6 heteroatoms. The summed E-state index contributed by atoms with van der Waals surface area (Å²) in [6.07, 6.45) is 0.877. The Labute approximate surface area is 128 Å².